The Morgan fingerprint density at radius 3 is 2.81 bits per heavy atom. The first kappa shape index (κ1) is 14.6. The third kappa shape index (κ3) is 3.49. The van der Waals surface area contributed by atoms with E-state index >= 15 is 0 Å². The van der Waals surface area contributed by atoms with Crippen LogP contribution in [0.25, 0.3) is 0 Å². The zero-order chi connectivity index (χ0) is 14.7. The number of ether oxygens (including phenoxy) is 2. The van der Waals surface area contributed by atoms with Crippen molar-refractivity contribution >= 4 is 5.82 Å². The number of nitrogens with zero attached hydrogens (tertiary/aromatic N) is 3. The quantitative estimate of drug-likeness (QED) is 0.808. The van der Waals surface area contributed by atoms with Gasteiger partial charge >= 0.3 is 0 Å². The molecular formula is C14H22N4O3. The van der Waals surface area contributed by atoms with E-state index in [0.29, 0.717) is 57.3 Å². The Labute approximate surface area is 124 Å². The van der Waals surface area contributed by atoms with Crippen LogP contribution in [-0.4, -0.2) is 65.0 Å². The molecule has 3 heterocycles. The third-order valence-electron chi connectivity index (χ3n) is 4.15. The third-order valence-corrected chi connectivity index (χ3v) is 4.15. The Bertz CT molecular complexity index is 479. The fourth-order valence-corrected chi connectivity index (χ4v) is 2.94. The molecule has 0 amide bonds. The van der Waals surface area contributed by atoms with Crippen LogP contribution in [0.4, 0.5) is 5.82 Å². The van der Waals surface area contributed by atoms with E-state index in [-0.39, 0.29) is 6.10 Å². The van der Waals surface area contributed by atoms with Crippen molar-refractivity contribution in [1.82, 2.24) is 14.9 Å². The van der Waals surface area contributed by atoms with Gasteiger partial charge in [0.15, 0.2) is 0 Å². The van der Waals surface area contributed by atoms with Gasteiger partial charge in [-0.2, -0.15) is 0 Å². The van der Waals surface area contributed by atoms with Gasteiger partial charge < -0.3 is 20.3 Å². The molecular weight excluding hydrogens is 272 g/mol. The summed E-state index contributed by atoms with van der Waals surface area (Å²) in [7, 11) is 0. The van der Waals surface area contributed by atoms with Crippen LogP contribution in [0.5, 0.6) is 0 Å². The summed E-state index contributed by atoms with van der Waals surface area (Å²) in [5, 5.41) is 10.6. The first-order chi connectivity index (χ1) is 10.2. The highest BCUT2D eigenvalue weighted by atomic mass is 16.5. The number of hydrogen-bond donors (Lipinski definition) is 2. The predicted molar refractivity (Wildman–Crippen MR) is 76.6 cm³/mol. The molecule has 2 fully saturated rings. The summed E-state index contributed by atoms with van der Waals surface area (Å²) in [6.45, 7) is 3.97. The van der Waals surface area contributed by atoms with Crippen molar-refractivity contribution in [1.29, 1.82) is 0 Å². The molecule has 0 radical (unpaired) electrons. The molecule has 1 aromatic rings. The van der Waals surface area contributed by atoms with Crippen molar-refractivity contribution in [2.45, 2.75) is 24.5 Å². The van der Waals surface area contributed by atoms with E-state index in [9.17, 15) is 5.11 Å². The first-order valence-corrected chi connectivity index (χ1v) is 7.37. The lowest BCUT2D eigenvalue weighted by Gasteiger charge is -2.40. The molecule has 0 aromatic carbocycles. The maximum Gasteiger partial charge on any atom is 0.147 e. The normalized spacial score (nSPS) is 26.6. The molecule has 2 aliphatic rings. The summed E-state index contributed by atoms with van der Waals surface area (Å²) >= 11 is 0. The average Bonchev–Trinajstić information content (AvgIpc) is 2.48. The summed E-state index contributed by atoms with van der Waals surface area (Å²) in [5.41, 5.74) is 5.89. The number of aromatic nitrogens is 2. The number of nitrogen functional groups attached to an aromatic ring is 1. The smallest absolute Gasteiger partial charge is 0.147 e. The van der Waals surface area contributed by atoms with Gasteiger partial charge in [0.05, 0.1) is 12.2 Å². The number of β-amino-alcohol motifs (C(OH)–C–C–N with tert-alkyl or cyclic N) is 1. The summed E-state index contributed by atoms with van der Waals surface area (Å²) in [6, 6.07) is 0. The van der Waals surface area contributed by atoms with E-state index < -0.39 is 5.60 Å². The molecule has 116 valence electrons. The van der Waals surface area contributed by atoms with Gasteiger partial charge in [0, 0.05) is 58.1 Å². The second kappa shape index (κ2) is 6.23. The lowest BCUT2D eigenvalue weighted by molar-refractivity contribution is -0.103. The van der Waals surface area contributed by atoms with E-state index in [2.05, 4.69) is 14.9 Å². The number of hydrogen-bond acceptors (Lipinski definition) is 7. The van der Waals surface area contributed by atoms with Crippen molar-refractivity contribution in [2.24, 2.45) is 0 Å². The fourth-order valence-electron chi connectivity index (χ4n) is 2.94. The number of rotatable bonds is 3. The van der Waals surface area contributed by atoms with Crippen molar-refractivity contribution in [3.8, 4) is 0 Å². The summed E-state index contributed by atoms with van der Waals surface area (Å²) < 4.78 is 11.1. The summed E-state index contributed by atoms with van der Waals surface area (Å²) in [5.74, 6) is 0.411. The van der Waals surface area contributed by atoms with Gasteiger partial charge in [-0.05, 0) is 0 Å². The van der Waals surface area contributed by atoms with E-state index in [4.69, 9.17) is 15.2 Å². The molecule has 0 saturated carbocycles. The van der Waals surface area contributed by atoms with Gasteiger partial charge in [0.1, 0.15) is 17.6 Å². The number of morpholine rings is 1. The number of anilines is 1. The second-order valence-corrected chi connectivity index (χ2v) is 5.76. The largest absolute Gasteiger partial charge is 0.388 e. The molecule has 1 atom stereocenters. The number of aliphatic hydroxyl groups is 1. The summed E-state index contributed by atoms with van der Waals surface area (Å²) in [6.07, 6.45) is 4.38. The van der Waals surface area contributed by atoms with Crippen LogP contribution in [0.2, 0.25) is 0 Å². The zero-order valence-corrected chi connectivity index (χ0v) is 12.1. The fraction of sp³-hybridized carbons (Fsp3) is 0.714. The van der Waals surface area contributed by atoms with Crippen LogP contribution in [0.1, 0.15) is 24.6 Å². The maximum absolute atomic E-state index is 10.6. The van der Waals surface area contributed by atoms with E-state index in [0.717, 1.165) is 6.54 Å². The highest BCUT2D eigenvalue weighted by Crippen LogP contribution is 2.27. The first-order valence-electron chi connectivity index (χ1n) is 7.37. The molecule has 3 N–H and O–H groups in total. The molecule has 21 heavy (non-hydrogen) atoms. The topological polar surface area (TPSA) is 93.7 Å². The standard InChI is InChI=1S/C14H22N4O3/c15-13-12(16-3-4-17-13)11-9-18(5-8-21-11)10-14(19)1-6-20-7-2-14/h3-4,11,19H,1-2,5-10H2,(H2,15,17)/t11-/m1/s1. The zero-order valence-electron chi connectivity index (χ0n) is 12.1. The Hall–Kier alpha value is -1.28. The minimum Gasteiger partial charge on any atom is -0.388 e. The van der Waals surface area contributed by atoms with E-state index in [1.165, 1.54) is 0 Å². The van der Waals surface area contributed by atoms with Crippen molar-refractivity contribution in [3.63, 3.8) is 0 Å². The van der Waals surface area contributed by atoms with Gasteiger partial charge in [-0.1, -0.05) is 0 Å². The minimum absolute atomic E-state index is 0.184. The highest BCUT2D eigenvalue weighted by molar-refractivity contribution is 5.35. The predicted octanol–water partition coefficient (Wildman–Crippen LogP) is -0.0264. The second-order valence-electron chi connectivity index (χ2n) is 5.76. The average molecular weight is 294 g/mol. The number of nitrogens with two attached hydrogens (primary N) is 1. The minimum atomic E-state index is -0.659. The molecule has 7 heteroatoms. The van der Waals surface area contributed by atoms with Gasteiger partial charge in [0.25, 0.3) is 0 Å². The van der Waals surface area contributed by atoms with Crippen LogP contribution in [0.3, 0.4) is 0 Å². The monoisotopic (exact) mass is 294 g/mol. The van der Waals surface area contributed by atoms with Gasteiger partial charge in [-0.15, -0.1) is 0 Å². The molecule has 0 spiro atoms. The Morgan fingerprint density at radius 2 is 2.05 bits per heavy atom. The summed E-state index contributed by atoms with van der Waals surface area (Å²) in [4.78, 5) is 10.6. The molecule has 0 aliphatic carbocycles. The lowest BCUT2D eigenvalue weighted by atomic mass is 9.93. The molecule has 0 bridgehead atoms. The van der Waals surface area contributed by atoms with Crippen LogP contribution >= 0.6 is 0 Å². The SMILES string of the molecule is Nc1nccnc1[C@H]1CN(CC2(O)CCOCC2)CCO1. The Balaban J connectivity index is 1.64. The molecule has 7 nitrogen and oxygen atoms in total. The molecule has 2 saturated heterocycles. The molecule has 2 aliphatic heterocycles. The maximum atomic E-state index is 10.6. The van der Waals surface area contributed by atoms with Crippen LogP contribution < -0.4 is 5.73 Å². The van der Waals surface area contributed by atoms with Crippen molar-refractivity contribution in [3.05, 3.63) is 18.1 Å². The van der Waals surface area contributed by atoms with E-state index in [1.54, 1.807) is 12.4 Å². The van der Waals surface area contributed by atoms with Crippen LogP contribution in [0, 0.1) is 0 Å². The highest BCUT2D eigenvalue weighted by Gasteiger charge is 2.34. The molecule has 3 rings (SSSR count). The van der Waals surface area contributed by atoms with Gasteiger partial charge in [-0.25, -0.2) is 4.98 Å². The lowest BCUT2D eigenvalue weighted by Crippen LogP contribution is -2.50. The van der Waals surface area contributed by atoms with Crippen LogP contribution in [0.15, 0.2) is 12.4 Å². The van der Waals surface area contributed by atoms with E-state index in [1.807, 2.05) is 0 Å². The van der Waals surface area contributed by atoms with Gasteiger partial charge in [0.2, 0.25) is 0 Å². The van der Waals surface area contributed by atoms with Crippen molar-refractivity contribution in [2.75, 3.05) is 45.2 Å². The van der Waals surface area contributed by atoms with Crippen molar-refractivity contribution < 1.29 is 14.6 Å². The van der Waals surface area contributed by atoms with Gasteiger partial charge in [-0.3, -0.25) is 9.88 Å². The molecule has 0 unspecified atom stereocenters. The Kier molecular flexibility index (Phi) is 4.34. The Morgan fingerprint density at radius 1 is 1.29 bits per heavy atom. The van der Waals surface area contributed by atoms with Crippen LogP contribution in [-0.2, 0) is 9.47 Å². The molecule has 1 aromatic heterocycles.